The second kappa shape index (κ2) is 8.35. The predicted octanol–water partition coefficient (Wildman–Crippen LogP) is 2.47. The second-order valence-corrected chi connectivity index (χ2v) is 9.95. The van der Waals surface area contributed by atoms with Gasteiger partial charge in [0, 0.05) is 19.2 Å². The van der Waals surface area contributed by atoms with Crippen LogP contribution in [0.4, 0.5) is 10.5 Å². The standard InChI is InChI=1S/C21H25N3O6S/c1-29-17-4-2-15(3-5-17)13-24(31(27,28)18-6-7-18)16-8-10-22-19(12-16)21(23-20(25)26)9-11-30-14-21/h2-5,8,10,12,18,23H,6-7,9,11,13-14H2,1H3,(H,25,26). The number of hydrogen-bond acceptors (Lipinski definition) is 6. The first-order valence-electron chi connectivity index (χ1n) is 10.0. The van der Waals surface area contributed by atoms with Crippen molar-refractivity contribution >= 4 is 21.8 Å². The van der Waals surface area contributed by atoms with E-state index in [0.717, 1.165) is 5.56 Å². The van der Waals surface area contributed by atoms with Crippen molar-refractivity contribution in [2.45, 2.75) is 36.6 Å². The number of carboxylic acid groups (broad SMARTS) is 1. The lowest BCUT2D eigenvalue weighted by molar-refractivity contribution is 0.149. The minimum atomic E-state index is -3.57. The number of aromatic nitrogens is 1. The van der Waals surface area contributed by atoms with Gasteiger partial charge in [0.25, 0.3) is 0 Å². The van der Waals surface area contributed by atoms with E-state index in [1.807, 2.05) is 12.1 Å². The van der Waals surface area contributed by atoms with E-state index in [9.17, 15) is 18.3 Å². The van der Waals surface area contributed by atoms with Gasteiger partial charge in [0.15, 0.2) is 0 Å². The van der Waals surface area contributed by atoms with Gasteiger partial charge in [-0.15, -0.1) is 0 Å². The Balaban J connectivity index is 1.71. The van der Waals surface area contributed by atoms with E-state index in [4.69, 9.17) is 9.47 Å². The number of methoxy groups -OCH3 is 1. The summed E-state index contributed by atoms with van der Waals surface area (Å²) in [7, 11) is -2.00. The Bertz CT molecular complexity index is 1050. The van der Waals surface area contributed by atoms with Gasteiger partial charge in [-0.25, -0.2) is 13.2 Å². The number of sulfonamides is 1. The number of nitrogens with one attached hydrogen (secondary N) is 1. The Morgan fingerprint density at radius 2 is 2.06 bits per heavy atom. The van der Waals surface area contributed by atoms with Gasteiger partial charge >= 0.3 is 6.09 Å². The molecule has 31 heavy (non-hydrogen) atoms. The van der Waals surface area contributed by atoms with E-state index < -0.39 is 26.9 Å². The van der Waals surface area contributed by atoms with Crippen molar-refractivity contribution in [1.29, 1.82) is 0 Å². The molecule has 1 saturated heterocycles. The summed E-state index contributed by atoms with van der Waals surface area (Å²) in [5.41, 5.74) is 0.699. The van der Waals surface area contributed by atoms with Crippen LogP contribution < -0.4 is 14.4 Å². The topological polar surface area (TPSA) is 118 Å². The van der Waals surface area contributed by atoms with Crippen LogP contribution in [0.2, 0.25) is 0 Å². The normalized spacial score (nSPS) is 20.9. The molecule has 0 spiro atoms. The summed E-state index contributed by atoms with van der Waals surface area (Å²) >= 11 is 0. The molecule has 1 aromatic carbocycles. The monoisotopic (exact) mass is 447 g/mol. The molecule has 2 heterocycles. The molecule has 9 nitrogen and oxygen atoms in total. The number of anilines is 1. The number of benzene rings is 1. The average molecular weight is 448 g/mol. The molecular weight excluding hydrogens is 422 g/mol. The number of carbonyl (C=O) groups is 1. The smallest absolute Gasteiger partial charge is 0.405 e. The van der Waals surface area contributed by atoms with Crippen LogP contribution in [0.3, 0.4) is 0 Å². The quantitative estimate of drug-likeness (QED) is 0.638. The number of amides is 1. The fraction of sp³-hybridized carbons (Fsp3) is 0.429. The number of pyridine rings is 1. The van der Waals surface area contributed by atoms with Gasteiger partial charge in [0.2, 0.25) is 10.0 Å². The third-order valence-electron chi connectivity index (χ3n) is 5.63. The fourth-order valence-corrected chi connectivity index (χ4v) is 5.57. The number of ether oxygens (including phenoxy) is 2. The van der Waals surface area contributed by atoms with Gasteiger partial charge in [0.05, 0.1) is 36.9 Å². The summed E-state index contributed by atoms with van der Waals surface area (Å²) in [6.45, 7) is 0.688. The van der Waals surface area contributed by atoms with Crippen molar-refractivity contribution in [3.05, 3.63) is 53.9 Å². The molecule has 1 saturated carbocycles. The van der Waals surface area contributed by atoms with Crippen LogP contribution in [0.1, 0.15) is 30.5 Å². The van der Waals surface area contributed by atoms with E-state index in [1.165, 1.54) is 10.5 Å². The van der Waals surface area contributed by atoms with Crippen LogP contribution in [-0.4, -0.2) is 50.2 Å². The first kappa shape index (κ1) is 21.4. The third kappa shape index (κ3) is 4.45. The molecule has 1 atom stereocenters. The summed E-state index contributed by atoms with van der Waals surface area (Å²) in [5, 5.41) is 11.4. The van der Waals surface area contributed by atoms with Crippen molar-refractivity contribution < 1.29 is 27.8 Å². The molecule has 0 bridgehead atoms. The molecule has 0 radical (unpaired) electrons. The molecule has 2 aliphatic rings. The number of rotatable bonds is 8. The highest BCUT2D eigenvalue weighted by Gasteiger charge is 2.42. The average Bonchev–Trinajstić information content (AvgIpc) is 3.53. The molecule has 2 aromatic rings. The van der Waals surface area contributed by atoms with Gasteiger partial charge in [-0.1, -0.05) is 12.1 Å². The zero-order valence-corrected chi connectivity index (χ0v) is 18.0. The third-order valence-corrected chi connectivity index (χ3v) is 7.90. The SMILES string of the molecule is COc1ccc(CN(c2ccnc(C3(NC(=O)O)CCOC3)c2)S(=O)(=O)C2CC2)cc1. The Hall–Kier alpha value is -2.85. The van der Waals surface area contributed by atoms with Gasteiger partial charge in [-0.2, -0.15) is 0 Å². The van der Waals surface area contributed by atoms with Crippen LogP contribution in [0.25, 0.3) is 0 Å². The second-order valence-electron chi connectivity index (χ2n) is 7.81. The van der Waals surface area contributed by atoms with Crippen molar-refractivity contribution in [3.8, 4) is 5.75 Å². The van der Waals surface area contributed by atoms with Crippen molar-refractivity contribution in [2.24, 2.45) is 0 Å². The Labute approximate surface area is 181 Å². The maximum Gasteiger partial charge on any atom is 0.405 e. The van der Waals surface area contributed by atoms with Gasteiger partial charge < -0.3 is 19.9 Å². The summed E-state index contributed by atoms with van der Waals surface area (Å²) in [6, 6.07) is 10.5. The fourth-order valence-electron chi connectivity index (χ4n) is 3.74. The number of hydrogen-bond donors (Lipinski definition) is 2. The predicted molar refractivity (Wildman–Crippen MR) is 114 cm³/mol. The summed E-state index contributed by atoms with van der Waals surface area (Å²) < 4.78 is 38.5. The Morgan fingerprint density at radius 1 is 1.32 bits per heavy atom. The maximum atomic E-state index is 13.3. The van der Waals surface area contributed by atoms with Gasteiger partial charge in [-0.3, -0.25) is 9.29 Å². The molecular formula is C21H25N3O6S. The molecule has 166 valence electrons. The van der Waals surface area contributed by atoms with Crippen LogP contribution in [-0.2, 0) is 26.8 Å². The van der Waals surface area contributed by atoms with Gasteiger partial charge in [-0.05, 0) is 42.7 Å². The molecule has 4 rings (SSSR count). The van der Waals surface area contributed by atoms with Crippen LogP contribution in [0, 0.1) is 0 Å². The van der Waals surface area contributed by atoms with Crippen molar-refractivity contribution in [2.75, 3.05) is 24.6 Å². The van der Waals surface area contributed by atoms with Gasteiger partial charge in [0.1, 0.15) is 11.3 Å². The summed E-state index contributed by atoms with van der Waals surface area (Å²) in [5.74, 6) is 0.689. The van der Waals surface area contributed by atoms with Crippen LogP contribution >= 0.6 is 0 Å². The van der Waals surface area contributed by atoms with E-state index in [0.29, 0.717) is 43.0 Å². The van der Waals surface area contributed by atoms with Crippen LogP contribution in [0.15, 0.2) is 42.6 Å². The first-order chi connectivity index (χ1) is 14.8. The van der Waals surface area contributed by atoms with Crippen molar-refractivity contribution in [1.82, 2.24) is 10.3 Å². The Kier molecular flexibility index (Phi) is 5.76. The Morgan fingerprint density at radius 3 is 2.65 bits per heavy atom. The van der Waals surface area contributed by atoms with Crippen molar-refractivity contribution in [3.63, 3.8) is 0 Å². The molecule has 2 fully saturated rings. The zero-order valence-electron chi connectivity index (χ0n) is 17.2. The number of nitrogens with zero attached hydrogens (tertiary/aromatic N) is 2. The highest BCUT2D eigenvalue weighted by atomic mass is 32.2. The zero-order chi connectivity index (χ0) is 22.1. The lowest BCUT2D eigenvalue weighted by atomic mass is 9.93. The molecule has 1 aromatic heterocycles. The highest BCUT2D eigenvalue weighted by Crippen LogP contribution is 2.37. The molecule has 10 heteroatoms. The van der Waals surface area contributed by atoms with E-state index >= 15 is 0 Å². The lowest BCUT2D eigenvalue weighted by Crippen LogP contribution is -2.46. The van der Waals surface area contributed by atoms with E-state index in [2.05, 4.69) is 10.3 Å². The van der Waals surface area contributed by atoms with E-state index in [1.54, 1.807) is 31.4 Å². The molecule has 1 amide bonds. The lowest BCUT2D eigenvalue weighted by Gasteiger charge is -2.29. The highest BCUT2D eigenvalue weighted by molar-refractivity contribution is 7.93. The largest absolute Gasteiger partial charge is 0.497 e. The summed E-state index contributed by atoms with van der Waals surface area (Å²) in [4.78, 5) is 15.7. The molecule has 2 N–H and O–H groups in total. The van der Waals surface area contributed by atoms with E-state index in [-0.39, 0.29) is 13.2 Å². The first-order valence-corrected chi connectivity index (χ1v) is 11.5. The van der Waals surface area contributed by atoms with Crippen LogP contribution in [0.5, 0.6) is 5.75 Å². The minimum Gasteiger partial charge on any atom is -0.497 e. The molecule has 1 aliphatic heterocycles. The molecule has 1 unspecified atom stereocenters. The summed E-state index contributed by atoms with van der Waals surface area (Å²) in [6.07, 6.45) is 2.02. The maximum absolute atomic E-state index is 13.3. The molecule has 1 aliphatic carbocycles. The minimum absolute atomic E-state index is 0.142.